The van der Waals surface area contributed by atoms with Gasteiger partial charge in [-0.2, -0.15) is 0 Å². The molecular weight excluding hydrogens is 320 g/mol. The molecule has 0 bridgehead atoms. The molecule has 8 heteroatoms. The lowest BCUT2D eigenvalue weighted by Crippen LogP contribution is -2.60. The maximum atomic E-state index is 10.0. The number of hydrogen-bond donors (Lipinski definition) is 6. The van der Waals surface area contributed by atoms with Gasteiger partial charge in [-0.25, -0.2) is 0 Å². The molecule has 1 saturated heterocycles. The molecule has 7 atom stereocenters. The Morgan fingerprint density at radius 1 is 1.17 bits per heavy atom. The zero-order valence-electron chi connectivity index (χ0n) is 14.4. The molecule has 1 rings (SSSR count). The molecule has 0 aromatic carbocycles. The third-order valence-electron chi connectivity index (χ3n) is 4.40. The molecule has 0 aromatic rings. The molecule has 1 aliphatic rings. The fourth-order valence-corrected chi connectivity index (χ4v) is 2.42. The third-order valence-corrected chi connectivity index (χ3v) is 4.40. The standard InChI is InChI=1S/C16H30O8/c1-5-16(4,7-6-10(18)15(2,3)22)24-14-13(21)12(20)11(19)9(8-17)23-14/h5,9-14,17-22H,1,6-8H2,2-4H3/t9-,10-,11-,12+,13-,14+,16-/m1/s1. The predicted octanol–water partition coefficient (Wildman–Crippen LogP) is -1.34. The first-order chi connectivity index (χ1) is 10.9. The van der Waals surface area contributed by atoms with Gasteiger partial charge >= 0.3 is 0 Å². The number of rotatable bonds is 8. The summed E-state index contributed by atoms with van der Waals surface area (Å²) < 4.78 is 11.0. The van der Waals surface area contributed by atoms with Crippen LogP contribution in [0.2, 0.25) is 0 Å². The van der Waals surface area contributed by atoms with Crippen molar-refractivity contribution in [1.82, 2.24) is 0 Å². The lowest BCUT2D eigenvalue weighted by atomic mass is 9.91. The van der Waals surface area contributed by atoms with Crippen LogP contribution >= 0.6 is 0 Å². The fraction of sp³-hybridized carbons (Fsp3) is 0.875. The Labute approximate surface area is 142 Å². The summed E-state index contributed by atoms with van der Waals surface area (Å²) >= 11 is 0. The molecule has 24 heavy (non-hydrogen) atoms. The Bertz CT molecular complexity index is 407. The Morgan fingerprint density at radius 3 is 2.21 bits per heavy atom. The second kappa shape index (κ2) is 8.20. The highest BCUT2D eigenvalue weighted by atomic mass is 16.7. The molecule has 1 heterocycles. The smallest absolute Gasteiger partial charge is 0.187 e. The highest BCUT2D eigenvalue weighted by molar-refractivity contribution is 4.97. The Morgan fingerprint density at radius 2 is 1.75 bits per heavy atom. The number of aliphatic hydroxyl groups is 6. The van der Waals surface area contributed by atoms with Crippen LogP contribution in [0.1, 0.15) is 33.6 Å². The van der Waals surface area contributed by atoms with Gasteiger partial charge in [-0.3, -0.25) is 0 Å². The van der Waals surface area contributed by atoms with Gasteiger partial charge in [0.05, 0.1) is 23.9 Å². The van der Waals surface area contributed by atoms with Gasteiger partial charge in [-0.15, -0.1) is 6.58 Å². The molecule has 1 fully saturated rings. The van der Waals surface area contributed by atoms with E-state index in [0.29, 0.717) is 0 Å². The lowest BCUT2D eigenvalue weighted by Gasteiger charge is -2.43. The summed E-state index contributed by atoms with van der Waals surface area (Å²) in [5, 5.41) is 58.5. The third kappa shape index (κ3) is 5.21. The van der Waals surface area contributed by atoms with Crippen molar-refractivity contribution in [2.24, 2.45) is 0 Å². The SMILES string of the molecule is C=C[C@](C)(CC[C@@H](O)C(C)(C)O)O[C@@H]1O[C@H](CO)[C@@H](O)[C@H](O)[C@H]1O. The van der Waals surface area contributed by atoms with E-state index in [2.05, 4.69) is 6.58 Å². The number of aliphatic hydroxyl groups excluding tert-OH is 5. The van der Waals surface area contributed by atoms with Crippen molar-refractivity contribution < 1.29 is 40.1 Å². The van der Waals surface area contributed by atoms with Crippen molar-refractivity contribution in [2.75, 3.05) is 6.61 Å². The summed E-state index contributed by atoms with van der Waals surface area (Å²) in [6, 6.07) is 0. The van der Waals surface area contributed by atoms with E-state index >= 15 is 0 Å². The maximum absolute atomic E-state index is 10.0. The first kappa shape index (κ1) is 21.5. The lowest BCUT2D eigenvalue weighted by molar-refractivity contribution is -0.320. The van der Waals surface area contributed by atoms with Gasteiger partial charge in [-0.1, -0.05) is 6.08 Å². The van der Waals surface area contributed by atoms with E-state index in [-0.39, 0.29) is 12.8 Å². The molecule has 0 unspecified atom stereocenters. The molecule has 0 saturated carbocycles. The minimum atomic E-state index is -1.53. The largest absolute Gasteiger partial charge is 0.394 e. The van der Waals surface area contributed by atoms with Crippen molar-refractivity contribution in [1.29, 1.82) is 0 Å². The summed E-state index contributed by atoms with van der Waals surface area (Å²) in [4.78, 5) is 0. The van der Waals surface area contributed by atoms with Crippen LogP contribution in [0.4, 0.5) is 0 Å². The molecule has 0 spiro atoms. The summed E-state index contributed by atoms with van der Waals surface area (Å²) in [5.74, 6) is 0. The van der Waals surface area contributed by atoms with Crippen LogP contribution in [-0.4, -0.2) is 85.3 Å². The van der Waals surface area contributed by atoms with Crippen molar-refractivity contribution in [3.05, 3.63) is 12.7 Å². The zero-order valence-corrected chi connectivity index (χ0v) is 14.4. The van der Waals surface area contributed by atoms with Gasteiger partial charge in [0.15, 0.2) is 6.29 Å². The van der Waals surface area contributed by atoms with Crippen molar-refractivity contribution in [3.63, 3.8) is 0 Å². The van der Waals surface area contributed by atoms with E-state index in [1.165, 1.54) is 19.9 Å². The van der Waals surface area contributed by atoms with Crippen LogP contribution in [0, 0.1) is 0 Å². The van der Waals surface area contributed by atoms with Crippen LogP contribution in [-0.2, 0) is 9.47 Å². The second-order valence-corrected chi connectivity index (χ2v) is 7.04. The topological polar surface area (TPSA) is 140 Å². The molecule has 0 radical (unpaired) electrons. The van der Waals surface area contributed by atoms with E-state index in [1.807, 2.05) is 0 Å². The van der Waals surface area contributed by atoms with Crippen molar-refractivity contribution >= 4 is 0 Å². The van der Waals surface area contributed by atoms with Gasteiger partial charge < -0.3 is 40.1 Å². The highest BCUT2D eigenvalue weighted by Crippen LogP contribution is 2.30. The molecule has 8 nitrogen and oxygen atoms in total. The summed E-state index contributed by atoms with van der Waals surface area (Å²) in [5.41, 5.74) is -2.30. The van der Waals surface area contributed by atoms with Gasteiger partial charge in [0.1, 0.15) is 24.4 Å². The van der Waals surface area contributed by atoms with Gasteiger partial charge in [-0.05, 0) is 33.6 Å². The molecule has 0 aliphatic carbocycles. The molecule has 6 N–H and O–H groups in total. The number of hydrogen-bond acceptors (Lipinski definition) is 8. The van der Waals surface area contributed by atoms with Crippen LogP contribution in [0.15, 0.2) is 12.7 Å². The Balaban J connectivity index is 2.76. The minimum absolute atomic E-state index is 0.198. The van der Waals surface area contributed by atoms with Crippen LogP contribution in [0.3, 0.4) is 0 Å². The molecular formula is C16H30O8. The molecule has 1 aliphatic heterocycles. The predicted molar refractivity (Wildman–Crippen MR) is 85.0 cm³/mol. The van der Waals surface area contributed by atoms with E-state index in [4.69, 9.17) is 9.47 Å². The Hall–Kier alpha value is -0.580. The fourth-order valence-electron chi connectivity index (χ4n) is 2.42. The van der Waals surface area contributed by atoms with E-state index in [0.717, 1.165) is 0 Å². The number of ether oxygens (including phenoxy) is 2. The highest BCUT2D eigenvalue weighted by Gasteiger charge is 2.46. The monoisotopic (exact) mass is 350 g/mol. The maximum Gasteiger partial charge on any atom is 0.187 e. The molecule has 0 amide bonds. The summed E-state index contributed by atoms with van der Waals surface area (Å²) in [6.07, 6.45) is -5.93. The van der Waals surface area contributed by atoms with Gasteiger partial charge in [0.25, 0.3) is 0 Å². The second-order valence-electron chi connectivity index (χ2n) is 7.04. The average molecular weight is 350 g/mol. The van der Waals surface area contributed by atoms with Crippen molar-refractivity contribution in [2.45, 2.75) is 81.6 Å². The first-order valence-corrected chi connectivity index (χ1v) is 7.97. The van der Waals surface area contributed by atoms with Crippen LogP contribution in [0.25, 0.3) is 0 Å². The van der Waals surface area contributed by atoms with Gasteiger partial charge in [0.2, 0.25) is 0 Å². The van der Waals surface area contributed by atoms with Crippen LogP contribution < -0.4 is 0 Å². The summed E-state index contributed by atoms with van der Waals surface area (Å²) in [7, 11) is 0. The quantitative estimate of drug-likeness (QED) is 0.296. The molecule has 142 valence electrons. The average Bonchev–Trinajstić information content (AvgIpc) is 2.52. The first-order valence-electron chi connectivity index (χ1n) is 7.97. The molecule has 0 aromatic heterocycles. The Kier molecular flexibility index (Phi) is 7.33. The zero-order chi connectivity index (χ0) is 18.7. The normalized spacial score (nSPS) is 35.3. The van der Waals surface area contributed by atoms with E-state index in [1.54, 1.807) is 6.92 Å². The minimum Gasteiger partial charge on any atom is -0.394 e. The van der Waals surface area contributed by atoms with E-state index in [9.17, 15) is 30.6 Å². The van der Waals surface area contributed by atoms with Crippen LogP contribution in [0.5, 0.6) is 0 Å². The van der Waals surface area contributed by atoms with E-state index < -0.39 is 54.6 Å². The van der Waals surface area contributed by atoms with Crippen molar-refractivity contribution in [3.8, 4) is 0 Å². The summed E-state index contributed by atoms with van der Waals surface area (Å²) in [6.45, 7) is 7.75. The van der Waals surface area contributed by atoms with Gasteiger partial charge in [0, 0.05) is 0 Å².